The summed E-state index contributed by atoms with van der Waals surface area (Å²) in [5.74, 6) is 0. The Kier molecular flexibility index (Phi) is 22.8. The fourth-order valence-electron chi connectivity index (χ4n) is 2.50. The van der Waals surface area contributed by atoms with E-state index in [1.807, 2.05) is 32.1 Å². The maximum absolute atomic E-state index is 9.75. The molecule has 11 heteroatoms. The first-order chi connectivity index (χ1) is 16.7. The van der Waals surface area contributed by atoms with Crippen molar-refractivity contribution in [2.24, 2.45) is 0 Å². The van der Waals surface area contributed by atoms with Crippen LogP contribution >= 0.6 is 7.92 Å². The minimum Gasteiger partial charge on any atom is -0.577 e. The molecule has 4 rings (SSSR count). The van der Waals surface area contributed by atoms with Crippen molar-refractivity contribution in [3.8, 4) is 0 Å². The molecule has 0 bridgehead atoms. The normalized spacial score (nSPS) is 11.7. The Morgan fingerprint density at radius 1 is 0.583 bits per heavy atom. The quantitative estimate of drug-likeness (QED) is 0.188. The predicted molar refractivity (Wildman–Crippen MR) is 144 cm³/mol. The first-order valence-corrected chi connectivity index (χ1v) is 13.4. The van der Waals surface area contributed by atoms with E-state index in [1.54, 1.807) is 12.5 Å². The van der Waals surface area contributed by atoms with E-state index in [0.29, 0.717) is 0 Å². The molecule has 3 aromatic carbocycles. The molecule has 194 valence electrons. The third-order valence-corrected chi connectivity index (χ3v) is 6.04. The summed E-state index contributed by atoms with van der Waals surface area (Å²) in [6, 6.07) is 32.3. The van der Waals surface area contributed by atoms with Crippen molar-refractivity contribution in [2.75, 3.05) is 12.5 Å². The number of nitroso groups, excluding NO2 is 1. The molecule has 0 saturated heterocycles. The van der Waals surface area contributed by atoms with Crippen molar-refractivity contribution in [1.82, 2.24) is 0 Å². The molecule has 1 aliphatic rings. The van der Waals surface area contributed by atoms with Crippen molar-refractivity contribution in [3.63, 3.8) is 0 Å². The van der Waals surface area contributed by atoms with Gasteiger partial charge in [-0.25, -0.2) is 0 Å². The Bertz CT molecular complexity index is 814. The number of benzene rings is 3. The summed E-state index contributed by atoms with van der Waals surface area (Å²) >= 11 is 0. The average Bonchev–Trinajstić information content (AvgIpc) is 3.42. The van der Waals surface area contributed by atoms with Crippen LogP contribution in [0.15, 0.2) is 91.0 Å². The molecule has 3 nitrogen and oxygen atoms in total. The molecular weight excluding hydrogens is 682 g/mol. The van der Waals surface area contributed by atoms with Gasteiger partial charge in [0.15, 0.2) is 0 Å². The largest absolute Gasteiger partial charge is 0.673 e. The van der Waals surface area contributed by atoms with Crippen LogP contribution in [0.25, 0.3) is 5.59 Å². The van der Waals surface area contributed by atoms with Crippen LogP contribution in [0.2, 0.25) is 0 Å². The van der Waals surface area contributed by atoms with Gasteiger partial charge in [-0.15, -0.1) is 0 Å². The van der Waals surface area contributed by atoms with E-state index in [1.165, 1.54) is 15.9 Å². The zero-order chi connectivity index (χ0) is 26.5. The van der Waals surface area contributed by atoms with Gasteiger partial charge in [-0.3, -0.25) is 4.21 Å². The maximum atomic E-state index is 9.75. The van der Waals surface area contributed by atoms with E-state index in [4.69, 9.17) is 10.5 Å². The van der Waals surface area contributed by atoms with E-state index >= 15 is 0 Å². The third kappa shape index (κ3) is 20.5. The second-order valence-corrected chi connectivity index (χ2v) is 10.2. The van der Waals surface area contributed by atoms with Crippen LogP contribution in [0, 0.1) is 37.0 Å². The summed E-state index contributed by atoms with van der Waals surface area (Å²) in [6.45, 7) is 0. The second kappa shape index (κ2) is 22.5. The molecule has 0 atom stereocenters. The van der Waals surface area contributed by atoms with Gasteiger partial charge in [0.2, 0.25) is 0 Å². The minimum absolute atomic E-state index is 0. The first-order valence-electron chi connectivity index (χ1n) is 10.1. The van der Waals surface area contributed by atoms with Crippen LogP contribution in [0.4, 0.5) is 17.3 Å². The molecule has 0 aliphatic heterocycles. The van der Waals surface area contributed by atoms with Crippen LogP contribution in [0.5, 0.6) is 0 Å². The molecule has 0 unspecified atom stereocenters. The third-order valence-electron chi connectivity index (χ3n) is 3.60. The van der Waals surface area contributed by atoms with Gasteiger partial charge in [0.25, 0.3) is 0 Å². The van der Waals surface area contributed by atoms with Gasteiger partial charge in [-0.1, -0.05) is 91.0 Å². The Labute approximate surface area is 229 Å². The summed E-state index contributed by atoms with van der Waals surface area (Å²) < 4.78 is 48.6. The van der Waals surface area contributed by atoms with E-state index in [-0.39, 0.29) is 20.4 Å². The van der Waals surface area contributed by atoms with Crippen LogP contribution in [-0.2, 0) is 31.2 Å². The fraction of sp³-hybridized carbons (Fsp3) is 0.0800. The summed E-state index contributed by atoms with van der Waals surface area (Å²) in [4.78, 5) is 7.25. The van der Waals surface area contributed by atoms with Gasteiger partial charge >= 0.3 is 7.25 Å². The molecule has 0 heterocycles. The molecule has 36 heavy (non-hydrogen) atoms. The SMILES string of the molecule is CS(C)=O.F[B-](F)(F)F.[CH]1[CH][CH][CH][CH]1.[N-]=O.[Re].c1ccc(P(c2ccccc2)c2ccccc2)cc1. The monoisotopic (exact) mass is 709 g/mol. The standard InChI is InChI=1S/C18H15P.C5H5.C2H6OS.BF4.NO.Re/c1-4-10-16(11-5-1)19(17-12-6-2-7-13-17)18-14-8-3-9-15-18;1-2-4-5-3-1;1-4(2)3;2-1(3,4)5;1-2;/h1-15H;1-5H;1-2H3;;;/q;;;2*-1;. The smallest absolute Gasteiger partial charge is 0.577 e. The fourth-order valence-corrected chi connectivity index (χ4v) is 4.80. The van der Waals surface area contributed by atoms with Gasteiger partial charge in [0, 0.05) is 43.7 Å². The van der Waals surface area contributed by atoms with Crippen molar-refractivity contribution in [2.45, 2.75) is 0 Å². The van der Waals surface area contributed by atoms with Gasteiger partial charge in [-0.2, -0.15) is 0 Å². The Balaban J connectivity index is 0. The topological polar surface area (TPSA) is 56.4 Å². The second-order valence-electron chi connectivity index (χ2n) is 6.54. The summed E-state index contributed by atoms with van der Waals surface area (Å²) in [7, 11) is -7.06. The molecule has 0 spiro atoms. The van der Waals surface area contributed by atoms with Crippen molar-refractivity contribution < 1.29 is 41.9 Å². The summed E-state index contributed by atoms with van der Waals surface area (Å²) in [5.41, 5.74) is 5.75. The summed E-state index contributed by atoms with van der Waals surface area (Å²) in [6.07, 6.45) is 13.3. The van der Waals surface area contributed by atoms with Crippen LogP contribution in [0.1, 0.15) is 0 Å². The van der Waals surface area contributed by atoms with Gasteiger partial charge in [0.05, 0.1) is 0 Å². The average molecular weight is 709 g/mol. The Morgan fingerprint density at radius 3 is 0.917 bits per heavy atom. The Hall–Kier alpha value is -1.71. The van der Waals surface area contributed by atoms with E-state index in [2.05, 4.69) is 91.0 Å². The number of hydrogen-bond acceptors (Lipinski definition) is 2. The number of nitrogens with zero attached hydrogens (tertiary/aromatic N) is 1. The molecular formula is C25H26BF4NO2PReS-2. The molecule has 0 aromatic heterocycles. The molecule has 1 aliphatic carbocycles. The molecule has 0 N–H and O–H groups in total. The van der Waals surface area contributed by atoms with Crippen LogP contribution in [-0.4, -0.2) is 24.0 Å². The number of rotatable bonds is 3. The van der Waals surface area contributed by atoms with Crippen molar-refractivity contribution in [1.29, 1.82) is 0 Å². The Morgan fingerprint density at radius 2 is 0.750 bits per heavy atom. The van der Waals surface area contributed by atoms with Crippen molar-refractivity contribution in [3.05, 3.63) is 134 Å². The zero-order valence-electron chi connectivity index (χ0n) is 19.6. The molecule has 0 amide bonds. The van der Waals surface area contributed by atoms with Crippen LogP contribution < -0.4 is 15.9 Å². The van der Waals surface area contributed by atoms with Gasteiger partial charge in [0.1, 0.15) is 0 Å². The van der Waals surface area contributed by atoms with E-state index < -0.39 is 26.0 Å². The van der Waals surface area contributed by atoms with E-state index in [0.717, 1.165) is 0 Å². The molecule has 1 fully saturated rings. The van der Waals surface area contributed by atoms with Gasteiger partial charge in [-0.05, 0) is 55.9 Å². The van der Waals surface area contributed by atoms with Gasteiger partial charge < -0.3 is 27.8 Å². The predicted octanol–water partition coefficient (Wildman–Crippen LogP) is 6.08. The molecule has 6 radical (unpaired) electrons. The molecule has 3 aromatic rings. The molecule has 1 saturated carbocycles. The zero-order valence-corrected chi connectivity index (χ0v) is 24.1. The maximum Gasteiger partial charge on any atom is 0.673 e. The number of hydrogen-bond donors (Lipinski definition) is 0. The summed E-state index contributed by atoms with van der Waals surface area (Å²) in [5, 5.41) is 4.19. The first kappa shape index (κ1) is 36.4. The van der Waals surface area contributed by atoms with E-state index in [9.17, 15) is 21.5 Å². The minimum atomic E-state index is -6.00. The van der Waals surface area contributed by atoms with Crippen LogP contribution in [0.3, 0.4) is 0 Å². The van der Waals surface area contributed by atoms with Crippen molar-refractivity contribution >= 4 is 41.9 Å². The number of halogens is 4.